The number of rotatable bonds is 6. The summed E-state index contributed by atoms with van der Waals surface area (Å²) in [6.07, 6.45) is 0.628. The van der Waals surface area contributed by atoms with E-state index in [1.54, 1.807) is 31.1 Å². The molecule has 4 rings (SSSR count). The largest absolute Gasteiger partial charge is 0.481 e. The molecule has 0 fully saturated rings. The van der Waals surface area contributed by atoms with Gasteiger partial charge in [0.25, 0.3) is 5.91 Å². The van der Waals surface area contributed by atoms with Gasteiger partial charge in [-0.1, -0.05) is 6.92 Å². The van der Waals surface area contributed by atoms with Crippen LogP contribution >= 0.6 is 0 Å². The Balaban J connectivity index is 1.47. The molecule has 0 spiro atoms. The van der Waals surface area contributed by atoms with E-state index in [0.717, 1.165) is 28.8 Å². The van der Waals surface area contributed by atoms with Crippen molar-refractivity contribution in [1.29, 1.82) is 0 Å². The van der Waals surface area contributed by atoms with Gasteiger partial charge in [0.2, 0.25) is 5.89 Å². The third-order valence-corrected chi connectivity index (χ3v) is 5.19. The Hall–Kier alpha value is -3.13. The zero-order valence-corrected chi connectivity index (χ0v) is 17.3. The smallest absolute Gasteiger partial charge is 0.336 e. The van der Waals surface area contributed by atoms with Gasteiger partial charge in [-0.25, -0.2) is 9.78 Å². The molecule has 8 heteroatoms. The highest BCUT2D eigenvalue weighted by Crippen LogP contribution is 2.25. The van der Waals surface area contributed by atoms with Crippen molar-refractivity contribution in [3.05, 3.63) is 57.6 Å². The lowest BCUT2D eigenvalue weighted by atomic mass is 10.1. The summed E-state index contributed by atoms with van der Waals surface area (Å²) in [4.78, 5) is 30.8. The number of hydrogen-bond acceptors (Lipinski definition) is 7. The lowest BCUT2D eigenvalue weighted by molar-refractivity contribution is -0.139. The van der Waals surface area contributed by atoms with Crippen LogP contribution in [-0.4, -0.2) is 35.5 Å². The number of hydrogen-bond donors (Lipinski definition) is 0. The Kier molecular flexibility index (Phi) is 5.59. The van der Waals surface area contributed by atoms with Gasteiger partial charge in [0.1, 0.15) is 29.4 Å². The molecule has 30 heavy (non-hydrogen) atoms. The number of aromatic nitrogens is 1. The molecule has 0 bridgehead atoms. The van der Waals surface area contributed by atoms with E-state index in [1.807, 2.05) is 13.0 Å². The fraction of sp³-hybridized carbons (Fsp3) is 0.409. The third-order valence-electron chi connectivity index (χ3n) is 5.19. The molecule has 1 amide bonds. The SMILES string of the molecule is CCc1cc(=O)oc2cc(OC(C)C(=O)N3CCc4oc(COC)nc4C3)ccc12. The van der Waals surface area contributed by atoms with Crippen molar-refractivity contribution in [3.8, 4) is 5.75 Å². The van der Waals surface area contributed by atoms with E-state index in [0.29, 0.717) is 43.3 Å². The summed E-state index contributed by atoms with van der Waals surface area (Å²) >= 11 is 0. The summed E-state index contributed by atoms with van der Waals surface area (Å²) in [7, 11) is 1.58. The number of aryl methyl sites for hydroxylation is 1. The van der Waals surface area contributed by atoms with Crippen LogP contribution in [0.25, 0.3) is 11.0 Å². The van der Waals surface area contributed by atoms with E-state index in [-0.39, 0.29) is 5.91 Å². The van der Waals surface area contributed by atoms with Gasteiger partial charge in [0.15, 0.2) is 6.10 Å². The van der Waals surface area contributed by atoms with Crippen molar-refractivity contribution in [2.24, 2.45) is 0 Å². The first kappa shape index (κ1) is 20.2. The van der Waals surface area contributed by atoms with E-state index in [9.17, 15) is 9.59 Å². The van der Waals surface area contributed by atoms with Crippen LogP contribution in [0, 0.1) is 0 Å². The summed E-state index contributed by atoms with van der Waals surface area (Å²) in [5.74, 6) is 1.66. The van der Waals surface area contributed by atoms with Gasteiger partial charge in [0.05, 0.1) is 6.54 Å². The zero-order valence-electron chi connectivity index (χ0n) is 17.3. The quantitative estimate of drug-likeness (QED) is 0.575. The van der Waals surface area contributed by atoms with Gasteiger partial charge in [-0.2, -0.15) is 0 Å². The van der Waals surface area contributed by atoms with E-state index in [2.05, 4.69) is 4.98 Å². The van der Waals surface area contributed by atoms with Crippen LogP contribution in [0.4, 0.5) is 0 Å². The van der Waals surface area contributed by atoms with Crippen molar-refractivity contribution >= 4 is 16.9 Å². The van der Waals surface area contributed by atoms with Crippen LogP contribution in [0.1, 0.15) is 36.8 Å². The van der Waals surface area contributed by atoms with Gasteiger partial charge < -0.3 is 23.2 Å². The minimum absolute atomic E-state index is 0.138. The second-order valence-electron chi connectivity index (χ2n) is 7.28. The molecule has 1 aliphatic heterocycles. The number of amides is 1. The first-order chi connectivity index (χ1) is 14.5. The number of carbonyl (C=O) groups is 1. The van der Waals surface area contributed by atoms with Crippen LogP contribution in [0.3, 0.4) is 0 Å². The molecule has 0 saturated heterocycles. The number of methoxy groups -OCH3 is 1. The molecule has 1 aliphatic rings. The van der Waals surface area contributed by atoms with Crippen molar-refractivity contribution in [2.75, 3.05) is 13.7 Å². The van der Waals surface area contributed by atoms with Gasteiger partial charge >= 0.3 is 5.63 Å². The number of carbonyl (C=O) groups excluding carboxylic acids is 1. The lowest BCUT2D eigenvalue weighted by Gasteiger charge is -2.28. The molecule has 1 atom stereocenters. The topological polar surface area (TPSA) is 95.0 Å². The van der Waals surface area contributed by atoms with Crippen molar-refractivity contribution in [2.45, 2.75) is 45.9 Å². The molecule has 0 N–H and O–H groups in total. The van der Waals surface area contributed by atoms with Crippen LogP contribution in [0.5, 0.6) is 5.75 Å². The van der Waals surface area contributed by atoms with Crippen molar-refractivity contribution in [3.63, 3.8) is 0 Å². The summed E-state index contributed by atoms with van der Waals surface area (Å²) in [5.41, 5.74) is 1.73. The number of fused-ring (bicyclic) bond motifs is 2. The summed E-state index contributed by atoms with van der Waals surface area (Å²) in [6.45, 7) is 4.91. The fourth-order valence-electron chi connectivity index (χ4n) is 3.71. The van der Waals surface area contributed by atoms with E-state index in [1.165, 1.54) is 6.07 Å². The highest BCUT2D eigenvalue weighted by atomic mass is 16.5. The molecule has 2 aromatic heterocycles. The molecular formula is C22H24N2O6. The molecule has 1 aromatic carbocycles. The average Bonchev–Trinajstić information content (AvgIpc) is 3.14. The fourth-order valence-corrected chi connectivity index (χ4v) is 3.71. The maximum atomic E-state index is 12.9. The number of nitrogens with zero attached hydrogens (tertiary/aromatic N) is 2. The van der Waals surface area contributed by atoms with Gasteiger partial charge in [0, 0.05) is 37.6 Å². The molecule has 0 aliphatic carbocycles. The maximum Gasteiger partial charge on any atom is 0.336 e. The second-order valence-corrected chi connectivity index (χ2v) is 7.28. The Morgan fingerprint density at radius 3 is 2.90 bits per heavy atom. The minimum atomic E-state index is -0.699. The molecule has 1 unspecified atom stereocenters. The number of oxazole rings is 1. The molecule has 0 saturated carbocycles. The number of ether oxygens (including phenoxy) is 2. The van der Waals surface area contributed by atoms with E-state index in [4.69, 9.17) is 18.3 Å². The zero-order chi connectivity index (χ0) is 21.3. The Bertz CT molecular complexity index is 1130. The summed E-state index contributed by atoms with van der Waals surface area (Å²) < 4.78 is 21.9. The Morgan fingerprint density at radius 2 is 2.13 bits per heavy atom. The van der Waals surface area contributed by atoms with E-state index < -0.39 is 11.7 Å². The van der Waals surface area contributed by atoms with Gasteiger partial charge in [-0.3, -0.25) is 4.79 Å². The maximum absolute atomic E-state index is 12.9. The molecule has 158 valence electrons. The van der Waals surface area contributed by atoms with Crippen LogP contribution in [0.2, 0.25) is 0 Å². The van der Waals surface area contributed by atoms with Crippen LogP contribution in [-0.2, 0) is 35.5 Å². The van der Waals surface area contributed by atoms with Gasteiger partial charge in [-0.05, 0) is 31.0 Å². The molecular weight excluding hydrogens is 388 g/mol. The monoisotopic (exact) mass is 412 g/mol. The molecule has 3 heterocycles. The second kappa shape index (κ2) is 8.31. The van der Waals surface area contributed by atoms with Crippen molar-refractivity contribution in [1.82, 2.24) is 9.88 Å². The lowest BCUT2D eigenvalue weighted by Crippen LogP contribution is -2.43. The van der Waals surface area contributed by atoms with Crippen LogP contribution < -0.4 is 10.4 Å². The summed E-state index contributed by atoms with van der Waals surface area (Å²) in [6, 6.07) is 6.79. The first-order valence-electron chi connectivity index (χ1n) is 9.97. The van der Waals surface area contributed by atoms with Crippen LogP contribution in [0.15, 0.2) is 37.9 Å². The standard InChI is InChI=1S/C22H24N2O6/c1-4-14-9-21(25)30-19-10-15(5-6-16(14)19)28-13(2)22(26)24-8-7-18-17(11-24)23-20(29-18)12-27-3/h5-6,9-10,13H,4,7-8,11-12H2,1-3H3. The highest BCUT2D eigenvalue weighted by molar-refractivity contribution is 5.83. The molecule has 8 nitrogen and oxygen atoms in total. The molecule has 3 aromatic rings. The van der Waals surface area contributed by atoms with Gasteiger partial charge in [-0.15, -0.1) is 0 Å². The first-order valence-corrected chi connectivity index (χ1v) is 9.97. The number of benzene rings is 1. The predicted molar refractivity (Wildman–Crippen MR) is 108 cm³/mol. The van der Waals surface area contributed by atoms with Crippen molar-refractivity contribution < 1.29 is 23.1 Å². The molecule has 0 radical (unpaired) electrons. The third kappa shape index (κ3) is 3.95. The van der Waals surface area contributed by atoms with E-state index >= 15 is 0 Å². The minimum Gasteiger partial charge on any atom is -0.481 e. The summed E-state index contributed by atoms with van der Waals surface area (Å²) in [5, 5.41) is 0.866. The Morgan fingerprint density at radius 1 is 1.30 bits per heavy atom. The predicted octanol–water partition coefficient (Wildman–Crippen LogP) is 2.84. The average molecular weight is 412 g/mol. The highest BCUT2D eigenvalue weighted by Gasteiger charge is 2.29. The normalized spacial score (nSPS) is 14.6. The Labute approximate surface area is 173 Å².